The molecule has 1 aromatic heterocycles. The first-order valence-electron chi connectivity index (χ1n) is 9.56. The number of hydrogen-bond donors (Lipinski definition) is 1. The number of fused-ring (bicyclic) bond motifs is 1. The monoisotopic (exact) mass is 385 g/mol. The zero-order valence-electron chi connectivity index (χ0n) is 15.6. The molecule has 5 nitrogen and oxygen atoms in total. The van der Waals surface area contributed by atoms with Crippen molar-refractivity contribution in [2.45, 2.75) is 18.9 Å². The fourth-order valence-electron chi connectivity index (χ4n) is 3.70. The van der Waals surface area contributed by atoms with Crippen molar-refractivity contribution in [1.29, 1.82) is 0 Å². The molecular weight excluding hydrogens is 366 g/mol. The van der Waals surface area contributed by atoms with Gasteiger partial charge in [-0.1, -0.05) is 30.3 Å². The highest BCUT2D eigenvalue weighted by molar-refractivity contribution is 5.57. The van der Waals surface area contributed by atoms with Crippen LogP contribution in [0.2, 0.25) is 0 Å². The maximum Gasteiger partial charge on any atom is 0.280 e. The third-order valence-electron chi connectivity index (χ3n) is 5.08. The summed E-state index contributed by atoms with van der Waals surface area (Å²) in [4.78, 5) is 11.2. The third kappa shape index (κ3) is 3.55. The van der Waals surface area contributed by atoms with Crippen molar-refractivity contribution in [1.82, 2.24) is 5.16 Å². The van der Waals surface area contributed by atoms with Crippen LogP contribution in [-0.2, 0) is 6.42 Å². The molecule has 1 unspecified atom stereocenters. The number of para-hydroxylation sites is 1. The lowest BCUT2D eigenvalue weighted by molar-refractivity contribution is 0.207. The fourth-order valence-corrected chi connectivity index (χ4v) is 3.70. The van der Waals surface area contributed by atoms with Crippen molar-refractivity contribution in [2.24, 2.45) is 0 Å². The molecule has 5 rings (SSSR count). The van der Waals surface area contributed by atoms with Crippen LogP contribution >= 0.6 is 0 Å². The molecule has 1 atom stereocenters. The van der Waals surface area contributed by atoms with Crippen molar-refractivity contribution in [2.75, 3.05) is 0 Å². The van der Waals surface area contributed by atoms with Gasteiger partial charge in [0, 0.05) is 11.1 Å². The molecule has 4 aromatic rings. The number of rotatable bonds is 5. The van der Waals surface area contributed by atoms with E-state index in [-0.39, 0.29) is 11.7 Å². The molecule has 0 fully saturated rings. The number of hydrogen-bond acceptors (Lipinski definition) is 4. The molecule has 0 spiro atoms. The van der Waals surface area contributed by atoms with Gasteiger partial charge in [0.1, 0.15) is 23.4 Å². The highest BCUT2D eigenvalue weighted by atomic mass is 16.5. The fraction of sp³-hybridized carbons (Fsp3) is 0.125. The van der Waals surface area contributed by atoms with Crippen LogP contribution in [0.5, 0.6) is 17.2 Å². The van der Waals surface area contributed by atoms with Crippen LogP contribution in [0.25, 0.3) is 11.3 Å². The van der Waals surface area contributed by atoms with Crippen molar-refractivity contribution in [3.63, 3.8) is 0 Å². The lowest BCUT2D eigenvalue weighted by Gasteiger charge is -2.16. The van der Waals surface area contributed by atoms with Gasteiger partial charge in [0.25, 0.3) is 5.56 Å². The van der Waals surface area contributed by atoms with Gasteiger partial charge in [-0.15, -0.1) is 0 Å². The van der Waals surface area contributed by atoms with Crippen LogP contribution in [0.15, 0.2) is 88.2 Å². The average Bonchev–Trinajstić information content (AvgIpc) is 3.37. The van der Waals surface area contributed by atoms with Gasteiger partial charge in [0.05, 0.1) is 6.07 Å². The Bertz CT molecular complexity index is 1180. The van der Waals surface area contributed by atoms with Gasteiger partial charge in [-0.05, 0) is 60.9 Å². The van der Waals surface area contributed by atoms with Crippen LogP contribution in [0.1, 0.15) is 23.7 Å². The van der Waals surface area contributed by atoms with E-state index in [1.165, 1.54) is 17.2 Å². The molecule has 0 aliphatic heterocycles. The Hall–Kier alpha value is -3.73. The summed E-state index contributed by atoms with van der Waals surface area (Å²) in [6.07, 6.45) is 1.80. The van der Waals surface area contributed by atoms with E-state index >= 15 is 0 Å². The zero-order chi connectivity index (χ0) is 19.6. The minimum atomic E-state index is -0.253. The molecule has 0 saturated heterocycles. The summed E-state index contributed by atoms with van der Waals surface area (Å²) in [6.45, 7) is 0. The third-order valence-corrected chi connectivity index (χ3v) is 5.08. The Kier molecular flexibility index (Phi) is 4.41. The lowest BCUT2D eigenvalue weighted by atomic mass is 10.1. The summed E-state index contributed by atoms with van der Waals surface area (Å²) in [5.74, 6) is 3.00. The van der Waals surface area contributed by atoms with Crippen molar-refractivity contribution in [3.8, 4) is 28.6 Å². The summed E-state index contributed by atoms with van der Waals surface area (Å²) in [6, 6.07) is 24.9. The van der Waals surface area contributed by atoms with E-state index in [9.17, 15) is 4.79 Å². The Labute approximate surface area is 167 Å². The van der Waals surface area contributed by atoms with Crippen LogP contribution in [-0.4, -0.2) is 5.16 Å². The number of ether oxygens (including phenoxy) is 2. The van der Waals surface area contributed by atoms with Gasteiger partial charge < -0.3 is 14.0 Å². The Balaban J connectivity index is 1.34. The number of benzene rings is 3. The molecule has 3 aromatic carbocycles. The number of aromatic nitrogens is 1. The summed E-state index contributed by atoms with van der Waals surface area (Å²) < 4.78 is 17.5. The highest BCUT2D eigenvalue weighted by Gasteiger charge is 2.27. The Morgan fingerprint density at radius 2 is 1.72 bits per heavy atom. The SMILES string of the molecule is O=c1cc(-c2ccc(OC3CCc4c(Oc5ccccc5)cccc43)cc2)o[nH]1. The van der Waals surface area contributed by atoms with Crippen molar-refractivity contribution in [3.05, 3.63) is 100 Å². The minimum Gasteiger partial charge on any atom is -0.486 e. The van der Waals surface area contributed by atoms with E-state index in [0.29, 0.717) is 5.76 Å². The molecule has 0 radical (unpaired) electrons. The van der Waals surface area contributed by atoms with Gasteiger partial charge in [0.2, 0.25) is 0 Å². The first-order valence-corrected chi connectivity index (χ1v) is 9.56. The first-order chi connectivity index (χ1) is 14.3. The molecular formula is C24H19NO4. The predicted molar refractivity (Wildman–Crippen MR) is 109 cm³/mol. The van der Waals surface area contributed by atoms with E-state index < -0.39 is 0 Å². The normalized spacial score (nSPS) is 15.1. The average molecular weight is 385 g/mol. The molecule has 0 amide bonds. The second-order valence-electron chi connectivity index (χ2n) is 6.99. The summed E-state index contributed by atoms with van der Waals surface area (Å²) >= 11 is 0. The van der Waals surface area contributed by atoms with Crippen LogP contribution in [0, 0.1) is 0 Å². The molecule has 29 heavy (non-hydrogen) atoms. The van der Waals surface area contributed by atoms with Gasteiger partial charge in [-0.3, -0.25) is 4.79 Å². The van der Waals surface area contributed by atoms with Crippen LogP contribution < -0.4 is 15.0 Å². The van der Waals surface area contributed by atoms with E-state index in [1.807, 2.05) is 66.7 Å². The molecule has 1 N–H and O–H groups in total. The van der Waals surface area contributed by atoms with Gasteiger partial charge in [-0.25, -0.2) is 0 Å². The topological polar surface area (TPSA) is 64.5 Å². The Morgan fingerprint density at radius 3 is 2.48 bits per heavy atom. The molecule has 1 aliphatic rings. The van der Waals surface area contributed by atoms with Gasteiger partial charge >= 0.3 is 0 Å². The second kappa shape index (κ2) is 7.36. The summed E-state index contributed by atoms with van der Waals surface area (Å²) in [5.41, 5.74) is 2.93. The highest BCUT2D eigenvalue weighted by Crippen LogP contribution is 2.41. The van der Waals surface area contributed by atoms with Crippen LogP contribution in [0.4, 0.5) is 0 Å². The maximum atomic E-state index is 11.2. The zero-order valence-corrected chi connectivity index (χ0v) is 15.6. The van der Waals surface area contributed by atoms with E-state index in [4.69, 9.17) is 14.0 Å². The van der Waals surface area contributed by atoms with E-state index in [0.717, 1.165) is 35.7 Å². The molecule has 1 aliphatic carbocycles. The molecule has 1 heterocycles. The molecule has 144 valence electrons. The van der Waals surface area contributed by atoms with Gasteiger partial charge in [0.15, 0.2) is 5.76 Å². The predicted octanol–water partition coefficient (Wildman–Crippen LogP) is 5.49. The smallest absolute Gasteiger partial charge is 0.280 e. The summed E-state index contributed by atoms with van der Waals surface area (Å²) in [5, 5.41) is 2.30. The van der Waals surface area contributed by atoms with Gasteiger partial charge in [-0.2, -0.15) is 5.16 Å². The standard InChI is InChI=1S/C24H19NO4/c26-24-15-23(29-25-24)16-9-11-18(12-10-16)28-22-14-13-20-19(22)7-4-8-21(20)27-17-5-2-1-3-6-17/h1-12,15,22H,13-14H2,(H,25,26). The van der Waals surface area contributed by atoms with Crippen molar-refractivity contribution >= 4 is 0 Å². The molecule has 0 saturated carbocycles. The van der Waals surface area contributed by atoms with Crippen molar-refractivity contribution < 1.29 is 14.0 Å². The largest absolute Gasteiger partial charge is 0.486 e. The first kappa shape index (κ1) is 17.4. The lowest BCUT2D eigenvalue weighted by Crippen LogP contribution is -2.03. The Morgan fingerprint density at radius 1 is 0.897 bits per heavy atom. The second-order valence-corrected chi connectivity index (χ2v) is 6.99. The van der Waals surface area contributed by atoms with Crippen LogP contribution in [0.3, 0.4) is 0 Å². The number of aromatic amines is 1. The molecule has 5 heteroatoms. The maximum absolute atomic E-state index is 11.2. The number of H-pyrrole nitrogens is 1. The quantitative estimate of drug-likeness (QED) is 0.493. The summed E-state index contributed by atoms with van der Waals surface area (Å²) in [7, 11) is 0. The minimum absolute atomic E-state index is 0.0136. The number of nitrogens with one attached hydrogen (secondary N) is 1. The van der Waals surface area contributed by atoms with E-state index in [1.54, 1.807) is 0 Å². The molecule has 0 bridgehead atoms. The van der Waals surface area contributed by atoms with E-state index in [2.05, 4.69) is 11.2 Å².